The van der Waals surface area contributed by atoms with E-state index in [2.05, 4.69) is 41.4 Å². The Bertz CT molecular complexity index is 1580. The number of pyridine rings is 1. The molecular weight excluding hydrogens is 560 g/mol. The number of methoxy groups -OCH3 is 1. The number of carbonyl (C=O) groups excluding carboxylic acids is 1. The largest absolute Gasteiger partial charge is 0.467 e. The number of nitriles is 1. The second-order valence-corrected chi connectivity index (χ2v) is 10.1. The number of hydrogen-bond donors (Lipinski definition) is 1. The van der Waals surface area contributed by atoms with E-state index in [1.165, 1.54) is 13.3 Å². The Morgan fingerprint density at radius 2 is 1.83 bits per heavy atom. The zero-order valence-corrected chi connectivity index (χ0v) is 24.1. The van der Waals surface area contributed by atoms with Gasteiger partial charge in [0.15, 0.2) is 0 Å². The van der Waals surface area contributed by atoms with Crippen LogP contribution in [0.1, 0.15) is 38.2 Å². The van der Waals surface area contributed by atoms with Crippen LogP contribution in [0.5, 0.6) is 6.01 Å². The summed E-state index contributed by atoms with van der Waals surface area (Å²) in [6, 6.07) is 6.03. The zero-order valence-electron chi connectivity index (χ0n) is 23.4. The van der Waals surface area contributed by atoms with Gasteiger partial charge in [0.05, 0.1) is 30.5 Å². The van der Waals surface area contributed by atoms with Crippen molar-refractivity contribution in [3.8, 4) is 34.6 Å². The van der Waals surface area contributed by atoms with E-state index >= 15 is 0 Å². The summed E-state index contributed by atoms with van der Waals surface area (Å²) in [5, 5.41) is 17.7. The summed E-state index contributed by atoms with van der Waals surface area (Å²) in [6.07, 6.45) is 10.6. The maximum absolute atomic E-state index is 13.1. The lowest BCUT2D eigenvalue weighted by atomic mass is 9.90. The highest BCUT2D eigenvalue weighted by atomic mass is 35.5. The third kappa shape index (κ3) is 6.23. The van der Waals surface area contributed by atoms with E-state index in [-0.39, 0.29) is 30.3 Å². The van der Waals surface area contributed by atoms with E-state index in [1.807, 2.05) is 6.07 Å². The van der Waals surface area contributed by atoms with Crippen molar-refractivity contribution in [1.82, 2.24) is 34.7 Å². The van der Waals surface area contributed by atoms with Crippen LogP contribution in [0.3, 0.4) is 0 Å². The average Bonchev–Trinajstić information content (AvgIpc) is 3.36. The quantitative estimate of drug-likeness (QED) is 0.305. The van der Waals surface area contributed by atoms with E-state index < -0.39 is 6.09 Å². The number of rotatable bonds is 8. The number of aryl methyl sites for hydroxylation is 1. The van der Waals surface area contributed by atoms with Gasteiger partial charge in [0.25, 0.3) is 0 Å². The highest BCUT2D eigenvalue weighted by Crippen LogP contribution is 2.31. The van der Waals surface area contributed by atoms with Crippen molar-refractivity contribution in [2.75, 3.05) is 23.9 Å². The molecule has 216 valence electrons. The molecule has 1 saturated carbocycles. The van der Waals surface area contributed by atoms with E-state index in [0.717, 1.165) is 24.0 Å². The minimum Gasteiger partial charge on any atom is -0.467 e. The number of nitrogens with zero attached hydrogens (tertiary/aromatic N) is 9. The molecule has 4 heterocycles. The number of carbonyl (C=O) groups is 1. The zero-order chi connectivity index (χ0) is 29.6. The maximum atomic E-state index is 13.1. The molecular formula is C28H29ClN10O3. The standard InChI is InChI=1S/C28H29ClN10O3/c1-4-42-28(40)39(23-10-5-17(12-31-23)19-14-33-27(41-3)34-15-19)21-8-6-20(7-9-21)35-26-32-13-18(11-30)24(36-26)25-22(29)16-38(2)37-25/h5,10,12-16,20-21H,4,6-9H2,1-3H3,(H,32,35,36). The van der Waals surface area contributed by atoms with Crippen molar-refractivity contribution >= 4 is 29.5 Å². The number of aromatic nitrogens is 7. The molecule has 4 aromatic rings. The Balaban J connectivity index is 1.28. The summed E-state index contributed by atoms with van der Waals surface area (Å²) < 4.78 is 12.0. The molecule has 0 saturated heterocycles. The van der Waals surface area contributed by atoms with E-state index in [4.69, 9.17) is 21.1 Å². The monoisotopic (exact) mass is 588 g/mol. The molecule has 13 nitrogen and oxygen atoms in total. The van der Waals surface area contributed by atoms with Gasteiger partial charge in [-0.3, -0.25) is 9.58 Å². The Kier molecular flexibility index (Phi) is 8.73. The van der Waals surface area contributed by atoms with Crippen molar-refractivity contribution in [3.05, 3.63) is 53.7 Å². The molecule has 4 aromatic heterocycles. The predicted molar refractivity (Wildman–Crippen MR) is 155 cm³/mol. The molecule has 1 amide bonds. The van der Waals surface area contributed by atoms with Crippen LogP contribution < -0.4 is 15.0 Å². The fourth-order valence-corrected chi connectivity index (χ4v) is 5.16. The number of hydrogen-bond acceptors (Lipinski definition) is 11. The Hall–Kier alpha value is -4.83. The summed E-state index contributed by atoms with van der Waals surface area (Å²) >= 11 is 6.32. The van der Waals surface area contributed by atoms with Gasteiger partial charge >= 0.3 is 12.1 Å². The third-order valence-electron chi connectivity index (χ3n) is 6.92. The molecule has 0 bridgehead atoms. The normalized spacial score (nSPS) is 16.4. The predicted octanol–water partition coefficient (Wildman–Crippen LogP) is 4.65. The lowest BCUT2D eigenvalue weighted by Crippen LogP contribution is -2.45. The molecule has 42 heavy (non-hydrogen) atoms. The summed E-state index contributed by atoms with van der Waals surface area (Å²) in [5.41, 5.74) is 2.67. The average molecular weight is 589 g/mol. The summed E-state index contributed by atoms with van der Waals surface area (Å²) in [4.78, 5) is 36.4. The van der Waals surface area contributed by atoms with Crippen LogP contribution in [-0.4, -0.2) is 66.6 Å². The number of nitrogens with one attached hydrogen (secondary N) is 1. The fraction of sp³-hybridized carbons (Fsp3) is 0.357. The van der Waals surface area contributed by atoms with Gasteiger partial charge in [-0.15, -0.1) is 0 Å². The van der Waals surface area contributed by atoms with Crippen LogP contribution in [0, 0.1) is 11.3 Å². The molecule has 0 unspecified atom stereocenters. The van der Waals surface area contributed by atoms with Crippen molar-refractivity contribution in [1.29, 1.82) is 5.26 Å². The van der Waals surface area contributed by atoms with E-state index in [0.29, 0.717) is 41.0 Å². The van der Waals surface area contributed by atoms with Gasteiger partial charge in [-0.05, 0) is 44.7 Å². The number of halogens is 1. The molecule has 0 aromatic carbocycles. The minimum absolute atomic E-state index is 0.0655. The first-order valence-electron chi connectivity index (χ1n) is 13.4. The SMILES string of the molecule is CCOC(=O)N(c1ccc(-c2cnc(OC)nc2)cn1)C1CCC(Nc2ncc(C#N)c(-c3nn(C)cc3Cl)n2)CC1. The molecule has 1 aliphatic carbocycles. The Morgan fingerprint density at radius 1 is 1.10 bits per heavy atom. The van der Waals surface area contributed by atoms with Crippen LogP contribution in [0.25, 0.3) is 22.5 Å². The molecule has 1 fully saturated rings. The first kappa shape index (κ1) is 28.7. The molecule has 5 rings (SSSR count). The fourth-order valence-electron chi connectivity index (χ4n) is 4.89. The third-order valence-corrected chi connectivity index (χ3v) is 7.19. The van der Waals surface area contributed by atoms with Crippen LogP contribution in [0.2, 0.25) is 5.02 Å². The number of anilines is 2. The van der Waals surface area contributed by atoms with Crippen molar-refractivity contribution < 1.29 is 14.3 Å². The summed E-state index contributed by atoms with van der Waals surface area (Å²) in [6.45, 7) is 2.03. The second kappa shape index (κ2) is 12.8. The first-order valence-corrected chi connectivity index (χ1v) is 13.8. The first-order chi connectivity index (χ1) is 20.4. The highest BCUT2D eigenvalue weighted by molar-refractivity contribution is 6.33. The summed E-state index contributed by atoms with van der Waals surface area (Å²) in [5.74, 6) is 0.895. The van der Waals surface area contributed by atoms with Gasteiger partial charge in [0.1, 0.15) is 23.3 Å². The van der Waals surface area contributed by atoms with Crippen LogP contribution in [0.4, 0.5) is 16.6 Å². The Labute approximate surface area is 247 Å². The summed E-state index contributed by atoms with van der Waals surface area (Å²) in [7, 11) is 3.26. The van der Waals surface area contributed by atoms with Gasteiger partial charge in [0, 0.05) is 55.0 Å². The van der Waals surface area contributed by atoms with Crippen LogP contribution in [0.15, 0.2) is 43.1 Å². The molecule has 0 atom stereocenters. The highest BCUT2D eigenvalue weighted by Gasteiger charge is 2.32. The van der Waals surface area contributed by atoms with Gasteiger partial charge in [0.2, 0.25) is 5.95 Å². The van der Waals surface area contributed by atoms with Crippen molar-refractivity contribution in [2.24, 2.45) is 7.05 Å². The van der Waals surface area contributed by atoms with Crippen molar-refractivity contribution in [3.63, 3.8) is 0 Å². The second-order valence-electron chi connectivity index (χ2n) is 9.65. The topological polar surface area (TPSA) is 157 Å². The molecule has 1 N–H and O–H groups in total. The molecule has 1 aliphatic rings. The van der Waals surface area contributed by atoms with Gasteiger partial charge in [-0.25, -0.2) is 29.7 Å². The minimum atomic E-state index is -0.436. The number of ether oxygens (including phenoxy) is 2. The molecule has 14 heteroatoms. The smallest absolute Gasteiger partial charge is 0.415 e. The molecule has 0 aliphatic heterocycles. The van der Waals surface area contributed by atoms with Gasteiger partial charge < -0.3 is 14.8 Å². The molecule has 0 radical (unpaired) electrons. The maximum Gasteiger partial charge on any atom is 0.415 e. The lowest BCUT2D eigenvalue weighted by molar-refractivity contribution is 0.154. The van der Waals surface area contributed by atoms with Crippen LogP contribution >= 0.6 is 11.6 Å². The lowest BCUT2D eigenvalue weighted by Gasteiger charge is -2.35. The van der Waals surface area contributed by atoms with E-state index in [1.54, 1.807) is 54.4 Å². The Morgan fingerprint density at radius 3 is 2.43 bits per heavy atom. The van der Waals surface area contributed by atoms with Crippen LogP contribution in [-0.2, 0) is 11.8 Å². The van der Waals surface area contributed by atoms with Gasteiger partial charge in [-0.1, -0.05) is 11.6 Å². The van der Waals surface area contributed by atoms with Crippen molar-refractivity contribution in [2.45, 2.75) is 44.7 Å². The van der Waals surface area contributed by atoms with Gasteiger partial charge in [-0.2, -0.15) is 10.4 Å². The molecule has 0 spiro atoms. The number of amides is 1. The van der Waals surface area contributed by atoms with E-state index in [9.17, 15) is 10.1 Å².